The van der Waals surface area contributed by atoms with E-state index in [2.05, 4.69) is 40.1 Å². The van der Waals surface area contributed by atoms with Crippen molar-refractivity contribution in [2.24, 2.45) is 4.99 Å². The van der Waals surface area contributed by atoms with Gasteiger partial charge in [-0.15, -0.1) is 35.3 Å². The van der Waals surface area contributed by atoms with Gasteiger partial charge < -0.3 is 10.6 Å². The monoisotopic (exact) mass is 491 g/mol. The highest BCUT2D eigenvalue weighted by Gasteiger charge is 2.08. The van der Waals surface area contributed by atoms with E-state index < -0.39 is 10.8 Å². The number of aliphatic imine (C=N–C) groups is 1. The predicted octanol–water partition coefficient (Wildman–Crippen LogP) is 3.58. The topological polar surface area (TPSA) is 53.5 Å². The van der Waals surface area contributed by atoms with Crippen molar-refractivity contribution >= 4 is 52.1 Å². The molecular weight excluding hydrogens is 465 g/mol. The lowest BCUT2D eigenvalue weighted by atomic mass is 10.1. The molecule has 2 rings (SSSR count). The predicted molar refractivity (Wildman–Crippen MR) is 121 cm³/mol. The van der Waals surface area contributed by atoms with Gasteiger partial charge in [0.15, 0.2) is 5.96 Å². The summed E-state index contributed by atoms with van der Waals surface area (Å²) in [5.74, 6) is 2.41. The molecular formula is C18H26IN3OS2. The highest BCUT2D eigenvalue weighted by molar-refractivity contribution is 14.0. The molecule has 0 radical (unpaired) electrons. The average molecular weight is 491 g/mol. The fraction of sp³-hybridized carbons (Fsp3) is 0.389. The van der Waals surface area contributed by atoms with Gasteiger partial charge in [0.1, 0.15) is 0 Å². The third-order valence-corrected chi connectivity index (χ3v) is 6.04. The van der Waals surface area contributed by atoms with E-state index in [0.717, 1.165) is 18.1 Å². The molecule has 0 amide bonds. The zero-order valence-electron chi connectivity index (χ0n) is 14.6. The third-order valence-electron chi connectivity index (χ3n) is 3.62. The van der Waals surface area contributed by atoms with Crippen molar-refractivity contribution in [3.05, 3.63) is 58.3 Å². The van der Waals surface area contributed by atoms with Crippen LogP contribution in [0.5, 0.6) is 0 Å². The molecule has 7 heteroatoms. The van der Waals surface area contributed by atoms with Gasteiger partial charge in [-0.25, -0.2) is 0 Å². The van der Waals surface area contributed by atoms with Gasteiger partial charge in [-0.2, -0.15) is 0 Å². The molecule has 138 valence electrons. The second-order valence-corrected chi connectivity index (χ2v) is 8.13. The SMILES string of the molecule is CN=C(NCCS(=O)Cc1ccccc1)NCC(C)c1cccs1.I. The van der Waals surface area contributed by atoms with E-state index in [4.69, 9.17) is 0 Å². The molecule has 1 aromatic carbocycles. The van der Waals surface area contributed by atoms with Crippen molar-refractivity contribution in [3.63, 3.8) is 0 Å². The molecule has 1 heterocycles. The first kappa shape index (κ1) is 22.1. The summed E-state index contributed by atoms with van der Waals surface area (Å²) >= 11 is 1.77. The molecule has 2 unspecified atom stereocenters. The smallest absolute Gasteiger partial charge is 0.191 e. The Morgan fingerprint density at radius 2 is 1.96 bits per heavy atom. The second kappa shape index (κ2) is 12.4. The standard InChI is InChI=1S/C18H25N3OS2.HI/c1-15(17-9-6-11-23-17)13-21-18(19-2)20-10-12-24(22)14-16-7-4-3-5-8-16;/h3-9,11,15H,10,12-14H2,1-2H3,(H2,19,20,21);1H. The highest BCUT2D eigenvalue weighted by Crippen LogP contribution is 2.19. The van der Waals surface area contributed by atoms with Gasteiger partial charge >= 0.3 is 0 Å². The van der Waals surface area contributed by atoms with Crippen LogP contribution in [0.2, 0.25) is 0 Å². The van der Waals surface area contributed by atoms with Crippen molar-refractivity contribution in [3.8, 4) is 0 Å². The molecule has 1 aromatic heterocycles. The number of rotatable bonds is 8. The van der Waals surface area contributed by atoms with E-state index in [9.17, 15) is 4.21 Å². The first-order chi connectivity index (χ1) is 11.7. The van der Waals surface area contributed by atoms with Gasteiger partial charge in [0.25, 0.3) is 0 Å². The molecule has 4 nitrogen and oxygen atoms in total. The average Bonchev–Trinajstić information content (AvgIpc) is 3.13. The Bertz CT molecular complexity index is 648. The first-order valence-electron chi connectivity index (χ1n) is 8.06. The van der Waals surface area contributed by atoms with Crippen LogP contribution in [-0.4, -0.2) is 36.1 Å². The molecule has 2 N–H and O–H groups in total. The minimum absolute atomic E-state index is 0. The van der Waals surface area contributed by atoms with Gasteiger partial charge in [-0.05, 0) is 17.0 Å². The number of guanidine groups is 1. The molecule has 2 aromatic rings. The fourth-order valence-corrected chi connectivity index (χ4v) is 4.08. The number of nitrogens with one attached hydrogen (secondary N) is 2. The van der Waals surface area contributed by atoms with E-state index in [1.54, 1.807) is 18.4 Å². The number of halogens is 1. The molecule has 0 aliphatic heterocycles. The number of benzene rings is 1. The van der Waals surface area contributed by atoms with Crippen LogP contribution in [0.15, 0.2) is 52.8 Å². The Labute approximate surface area is 174 Å². The molecule has 0 fully saturated rings. The van der Waals surface area contributed by atoms with Crippen LogP contribution in [0.4, 0.5) is 0 Å². The molecule has 0 saturated heterocycles. The maximum atomic E-state index is 12.1. The summed E-state index contributed by atoms with van der Waals surface area (Å²) < 4.78 is 12.1. The van der Waals surface area contributed by atoms with Crippen molar-refractivity contribution in [2.75, 3.05) is 25.9 Å². The van der Waals surface area contributed by atoms with Gasteiger partial charge in [-0.1, -0.05) is 43.3 Å². The summed E-state index contributed by atoms with van der Waals surface area (Å²) in [5.41, 5.74) is 1.11. The summed E-state index contributed by atoms with van der Waals surface area (Å²) in [4.78, 5) is 5.58. The second-order valence-electron chi connectivity index (χ2n) is 5.57. The van der Waals surface area contributed by atoms with E-state index in [1.807, 2.05) is 30.3 Å². The van der Waals surface area contributed by atoms with Crippen LogP contribution in [0.3, 0.4) is 0 Å². The summed E-state index contributed by atoms with van der Waals surface area (Å²) in [6.07, 6.45) is 0. The van der Waals surface area contributed by atoms with Crippen LogP contribution >= 0.6 is 35.3 Å². The van der Waals surface area contributed by atoms with Crippen molar-refractivity contribution in [1.29, 1.82) is 0 Å². The van der Waals surface area contributed by atoms with E-state index in [-0.39, 0.29) is 24.0 Å². The molecule has 0 saturated carbocycles. The molecule has 0 spiro atoms. The van der Waals surface area contributed by atoms with Gasteiger partial charge in [0.2, 0.25) is 0 Å². The summed E-state index contributed by atoms with van der Waals surface area (Å²) in [6, 6.07) is 14.2. The Morgan fingerprint density at radius 1 is 1.20 bits per heavy atom. The molecule has 0 bridgehead atoms. The Balaban J connectivity index is 0.00000312. The zero-order chi connectivity index (χ0) is 17.2. The minimum atomic E-state index is -0.870. The molecule has 2 atom stereocenters. The zero-order valence-corrected chi connectivity index (χ0v) is 18.6. The fourth-order valence-electron chi connectivity index (χ4n) is 2.26. The van der Waals surface area contributed by atoms with Crippen molar-refractivity contribution < 1.29 is 4.21 Å². The number of nitrogens with zero attached hydrogens (tertiary/aromatic N) is 1. The first-order valence-corrected chi connectivity index (χ1v) is 10.4. The lowest BCUT2D eigenvalue weighted by Crippen LogP contribution is -2.40. The Hall–Kier alpha value is -0.930. The van der Waals surface area contributed by atoms with Crippen LogP contribution < -0.4 is 10.6 Å². The summed E-state index contributed by atoms with van der Waals surface area (Å²) in [6.45, 7) is 3.67. The molecule has 25 heavy (non-hydrogen) atoms. The number of hydrogen-bond acceptors (Lipinski definition) is 3. The molecule has 0 aliphatic rings. The lowest BCUT2D eigenvalue weighted by Gasteiger charge is -2.15. The quantitative estimate of drug-likeness (QED) is 0.337. The van der Waals surface area contributed by atoms with Gasteiger partial charge in [0.05, 0.1) is 0 Å². The van der Waals surface area contributed by atoms with E-state index in [0.29, 0.717) is 24.0 Å². The van der Waals surface area contributed by atoms with Crippen LogP contribution in [-0.2, 0) is 16.6 Å². The lowest BCUT2D eigenvalue weighted by molar-refractivity contribution is 0.679. The van der Waals surface area contributed by atoms with Crippen LogP contribution in [0.1, 0.15) is 23.3 Å². The van der Waals surface area contributed by atoms with Crippen molar-refractivity contribution in [1.82, 2.24) is 10.6 Å². The summed E-state index contributed by atoms with van der Waals surface area (Å²) in [5, 5.41) is 8.66. The molecule has 0 aliphatic carbocycles. The van der Waals surface area contributed by atoms with E-state index >= 15 is 0 Å². The minimum Gasteiger partial charge on any atom is -0.356 e. The number of hydrogen-bond donors (Lipinski definition) is 2. The number of thiophene rings is 1. The van der Waals surface area contributed by atoms with Gasteiger partial charge in [0, 0.05) is 53.2 Å². The third kappa shape index (κ3) is 8.33. The Kier molecular flexibility index (Phi) is 11.0. The van der Waals surface area contributed by atoms with Crippen LogP contribution in [0.25, 0.3) is 0 Å². The highest BCUT2D eigenvalue weighted by atomic mass is 127. The van der Waals surface area contributed by atoms with Crippen molar-refractivity contribution in [2.45, 2.75) is 18.6 Å². The Morgan fingerprint density at radius 3 is 2.60 bits per heavy atom. The van der Waals surface area contributed by atoms with Gasteiger partial charge in [-0.3, -0.25) is 9.20 Å². The normalized spacial score (nSPS) is 13.6. The van der Waals surface area contributed by atoms with E-state index in [1.165, 1.54) is 4.88 Å². The maximum Gasteiger partial charge on any atom is 0.191 e. The van der Waals surface area contributed by atoms with Crippen LogP contribution in [0, 0.1) is 0 Å². The largest absolute Gasteiger partial charge is 0.356 e. The summed E-state index contributed by atoms with van der Waals surface area (Å²) in [7, 11) is 0.886. The maximum absolute atomic E-state index is 12.1.